The maximum absolute atomic E-state index is 5.98. The molecule has 2 N–H and O–H groups in total. The molecule has 7 heteroatoms. The number of nitrogens with two attached hydrogens (primary N) is 1. The van der Waals surface area contributed by atoms with Gasteiger partial charge in [-0.25, -0.2) is 0 Å². The van der Waals surface area contributed by atoms with E-state index in [0.717, 1.165) is 8.66 Å². The average molecular weight is 382 g/mol. The van der Waals surface area contributed by atoms with Crippen molar-refractivity contribution in [1.82, 2.24) is 0 Å². The molecule has 0 spiro atoms. The lowest BCUT2D eigenvalue weighted by Gasteiger charge is -2.20. The summed E-state index contributed by atoms with van der Waals surface area (Å²) in [5, 5.41) is 0. The summed E-state index contributed by atoms with van der Waals surface area (Å²) in [6.45, 7) is 5.32. The highest BCUT2D eigenvalue weighted by atomic mass is 79.9. The highest BCUT2D eigenvalue weighted by Gasteiger charge is 2.18. The highest BCUT2D eigenvalue weighted by molar-refractivity contribution is 9.11. The second kappa shape index (κ2) is 11.5. The van der Waals surface area contributed by atoms with Gasteiger partial charge in [0.25, 0.3) is 0 Å². The molecular formula is C14H24BrNO4S. The van der Waals surface area contributed by atoms with E-state index in [4.69, 9.17) is 24.7 Å². The van der Waals surface area contributed by atoms with Crippen LogP contribution in [0, 0.1) is 0 Å². The Labute approximate surface area is 138 Å². The van der Waals surface area contributed by atoms with Crippen LogP contribution in [0.2, 0.25) is 0 Å². The largest absolute Gasteiger partial charge is 0.382 e. The lowest BCUT2D eigenvalue weighted by atomic mass is 10.1. The van der Waals surface area contributed by atoms with Crippen molar-refractivity contribution in [1.29, 1.82) is 0 Å². The molecule has 0 radical (unpaired) electrons. The molecule has 0 fully saturated rings. The fourth-order valence-corrected chi connectivity index (χ4v) is 3.26. The molecule has 122 valence electrons. The Bertz CT molecular complexity index is 376. The van der Waals surface area contributed by atoms with Crippen LogP contribution in [-0.4, -0.2) is 52.8 Å². The van der Waals surface area contributed by atoms with Gasteiger partial charge in [-0.15, -0.1) is 11.3 Å². The Hall–Kier alpha value is -0.0200. The first-order valence-corrected chi connectivity index (χ1v) is 8.53. The Kier molecular flexibility index (Phi) is 10.5. The SMILES string of the molecule is COCCOCCOCCOC(c1ccc(Br)s1)C(C)N. The second-order valence-corrected chi connectivity index (χ2v) is 7.00. The molecule has 0 amide bonds. The van der Waals surface area contributed by atoms with Crippen LogP contribution in [0.5, 0.6) is 0 Å². The Balaban J connectivity index is 2.12. The van der Waals surface area contributed by atoms with E-state index in [-0.39, 0.29) is 12.1 Å². The zero-order valence-corrected chi connectivity index (χ0v) is 15.0. The fraction of sp³-hybridized carbons (Fsp3) is 0.714. The Morgan fingerprint density at radius 3 is 2.24 bits per heavy atom. The van der Waals surface area contributed by atoms with E-state index in [0.29, 0.717) is 39.6 Å². The van der Waals surface area contributed by atoms with Gasteiger partial charge >= 0.3 is 0 Å². The van der Waals surface area contributed by atoms with Gasteiger partial charge in [0.1, 0.15) is 6.10 Å². The first-order valence-electron chi connectivity index (χ1n) is 6.92. The van der Waals surface area contributed by atoms with Crippen LogP contribution in [-0.2, 0) is 18.9 Å². The maximum Gasteiger partial charge on any atom is 0.107 e. The molecule has 0 bridgehead atoms. The zero-order chi connectivity index (χ0) is 15.5. The van der Waals surface area contributed by atoms with Crippen molar-refractivity contribution in [2.45, 2.75) is 19.1 Å². The van der Waals surface area contributed by atoms with Gasteiger partial charge in [0.2, 0.25) is 0 Å². The predicted octanol–water partition coefficient (Wildman–Crippen LogP) is 2.60. The van der Waals surface area contributed by atoms with Crippen molar-refractivity contribution >= 4 is 27.3 Å². The first-order chi connectivity index (χ1) is 10.1. The topological polar surface area (TPSA) is 62.9 Å². The monoisotopic (exact) mass is 381 g/mol. The lowest BCUT2D eigenvalue weighted by Crippen LogP contribution is -2.27. The molecule has 1 rings (SSSR count). The van der Waals surface area contributed by atoms with E-state index < -0.39 is 0 Å². The van der Waals surface area contributed by atoms with Gasteiger partial charge in [0.05, 0.1) is 43.4 Å². The maximum atomic E-state index is 5.98. The van der Waals surface area contributed by atoms with Gasteiger partial charge in [-0.3, -0.25) is 0 Å². The number of thiophene rings is 1. The quantitative estimate of drug-likeness (QED) is 0.563. The van der Waals surface area contributed by atoms with Crippen molar-refractivity contribution in [3.63, 3.8) is 0 Å². The first kappa shape index (κ1) is 19.0. The molecule has 2 unspecified atom stereocenters. The molecule has 0 aliphatic rings. The van der Waals surface area contributed by atoms with Gasteiger partial charge in [-0.1, -0.05) is 0 Å². The molecule has 2 atom stereocenters. The van der Waals surface area contributed by atoms with Crippen molar-refractivity contribution < 1.29 is 18.9 Å². The number of methoxy groups -OCH3 is 1. The van der Waals surface area contributed by atoms with E-state index in [9.17, 15) is 0 Å². The molecule has 21 heavy (non-hydrogen) atoms. The molecule has 1 aromatic heterocycles. The summed E-state index contributed by atoms with van der Waals surface area (Å²) in [4.78, 5) is 1.12. The van der Waals surface area contributed by atoms with Crippen LogP contribution < -0.4 is 5.73 Å². The van der Waals surface area contributed by atoms with E-state index >= 15 is 0 Å². The normalized spacial score (nSPS) is 14.3. The molecule has 0 saturated carbocycles. The van der Waals surface area contributed by atoms with Gasteiger partial charge in [0, 0.05) is 18.0 Å². The number of halogens is 1. The minimum Gasteiger partial charge on any atom is -0.382 e. The van der Waals surface area contributed by atoms with E-state index in [1.165, 1.54) is 0 Å². The summed E-state index contributed by atoms with van der Waals surface area (Å²) in [7, 11) is 1.65. The molecular weight excluding hydrogens is 358 g/mol. The summed E-state index contributed by atoms with van der Waals surface area (Å²) in [5.74, 6) is 0. The van der Waals surface area contributed by atoms with Gasteiger partial charge in [-0.05, 0) is 35.0 Å². The third-order valence-electron chi connectivity index (χ3n) is 2.68. The van der Waals surface area contributed by atoms with Crippen LogP contribution in [0.1, 0.15) is 17.9 Å². The van der Waals surface area contributed by atoms with Crippen molar-refractivity contribution in [3.8, 4) is 0 Å². The highest BCUT2D eigenvalue weighted by Crippen LogP contribution is 2.30. The fourth-order valence-electron chi connectivity index (χ4n) is 1.67. The third kappa shape index (κ3) is 8.25. The molecule has 1 aromatic rings. The smallest absolute Gasteiger partial charge is 0.107 e. The summed E-state index contributed by atoms with van der Waals surface area (Å²) in [5.41, 5.74) is 5.98. The predicted molar refractivity (Wildman–Crippen MR) is 87.9 cm³/mol. The Morgan fingerprint density at radius 2 is 1.71 bits per heavy atom. The summed E-state index contributed by atoms with van der Waals surface area (Å²) in [6, 6.07) is 3.98. The molecule has 0 aromatic carbocycles. The van der Waals surface area contributed by atoms with Crippen LogP contribution in [0.25, 0.3) is 0 Å². The molecule has 0 aliphatic heterocycles. The van der Waals surface area contributed by atoms with E-state index in [1.54, 1.807) is 18.4 Å². The molecule has 0 saturated heterocycles. The van der Waals surface area contributed by atoms with Gasteiger partial charge in [0.15, 0.2) is 0 Å². The average Bonchev–Trinajstić information content (AvgIpc) is 2.87. The minimum atomic E-state index is -0.0946. The summed E-state index contributed by atoms with van der Waals surface area (Å²) < 4.78 is 22.5. The van der Waals surface area contributed by atoms with E-state index in [1.807, 2.05) is 19.1 Å². The van der Waals surface area contributed by atoms with Crippen LogP contribution in [0.3, 0.4) is 0 Å². The van der Waals surface area contributed by atoms with Crippen LogP contribution in [0.15, 0.2) is 15.9 Å². The molecule has 1 heterocycles. The van der Waals surface area contributed by atoms with E-state index in [2.05, 4.69) is 15.9 Å². The third-order valence-corrected chi connectivity index (χ3v) is 4.37. The van der Waals surface area contributed by atoms with Gasteiger partial charge in [-0.2, -0.15) is 0 Å². The number of ether oxygens (including phenoxy) is 4. The second-order valence-electron chi connectivity index (χ2n) is 4.51. The standard InChI is InChI=1S/C14H24BrNO4S/c1-11(16)14(12-3-4-13(15)21-12)20-10-9-19-8-7-18-6-5-17-2/h3-4,11,14H,5-10,16H2,1-2H3. The summed E-state index contributed by atoms with van der Waals surface area (Å²) in [6.07, 6.45) is -0.0946. The van der Waals surface area contributed by atoms with Crippen molar-refractivity contribution in [3.05, 3.63) is 20.8 Å². The number of hydrogen-bond donors (Lipinski definition) is 1. The van der Waals surface area contributed by atoms with Crippen LogP contribution >= 0.6 is 27.3 Å². The van der Waals surface area contributed by atoms with Gasteiger partial charge < -0.3 is 24.7 Å². The lowest BCUT2D eigenvalue weighted by molar-refractivity contribution is -0.0211. The van der Waals surface area contributed by atoms with Crippen molar-refractivity contribution in [2.24, 2.45) is 5.73 Å². The number of hydrogen-bond acceptors (Lipinski definition) is 6. The molecule has 0 aliphatic carbocycles. The number of rotatable bonds is 12. The zero-order valence-electron chi connectivity index (χ0n) is 12.5. The van der Waals surface area contributed by atoms with Crippen molar-refractivity contribution in [2.75, 3.05) is 46.8 Å². The molecule has 5 nitrogen and oxygen atoms in total. The summed E-state index contributed by atoms with van der Waals surface area (Å²) >= 11 is 5.10. The minimum absolute atomic E-state index is 0.0621. The Morgan fingerprint density at radius 1 is 1.10 bits per heavy atom. The van der Waals surface area contributed by atoms with Crippen LogP contribution in [0.4, 0.5) is 0 Å².